The molecule has 0 aliphatic rings. The molecule has 0 fully saturated rings. The Bertz CT molecular complexity index is 550. The number of amides is 1. The van der Waals surface area contributed by atoms with E-state index in [1.807, 2.05) is 17.9 Å². The van der Waals surface area contributed by atoms with Crippen LogP contribution in [0, 0.1) is 0 Å². The number of carbonyl (C=O) groups excluding carboxylic acids is 1. The van der Waals surface area contributed by atoms with E-state index in [4.69, 9.17) is 0 Å². The van der Waals surface area contributed by atoms with Crippen LogP contribution in [0.4, 0.5) is 0 Å². The number of imidazole rings is 1. The molecule has 0 atom stereocenters. The number of nitrogens with zero attached hydrogens (tertiary/aromatic N) is 5. The third-order valence-corrected chi connectivity index (χ3v) is 3.69. The monoisotopic (exact) mass is 294 g/mol. The van der Waals surface area contributed by atoms with Gasteiger partial charge in [-0.2, -0.15) is 5.10 Å². The Morgan fingerprint density at radius 3 is 3.00 bits per heavy atom. The number of thioether (sulfide) groups is 1. The zero-order valence-corrected chi connectivity index (χ0v) is 12.4. The highest BCUT2D eigenvalue weighted by Crippen LogP contribution is 2.13. The van der Waals surface area contributed by atoms with E-state index < -0.39 is 0 Å². The predicted octanol–water partition coefficient (Wildman–Crippen LogP) is 0.830. The van der Waals surface area contributed by atoms with Gasteiger partial charge >= 0.3 is 0 Å². The van der Waals surface area contributed by atoms with Gasteiger partial charge in [-0.15, -0.1) is 0 Å². The lowest BCUT2D eigenvalue weighted by Gasteiger charge is -2.07. The van der Waals surface area contributed by atoms with Crippen LogP contribution in [0.3, 0.4) is 0 Å². The van der Waals surface area contributed by atoms with E-state index in [0.29, 0.717) is 19.5 Å². The second kappa shape index (κ2) is 7.09. The zero-order valence-electron chi connectivity index (χ0n) is 11.6. The Morgan fingerprint density at radius 2 is 2.35 bits per heavy atom. The highest BCUT2D eigenvalue weighted by atomic mass is 32.2. The molecular weight excluding hydrogens is 276 g/mol. The molecule has 0 aromatic carbocycles. The minimum absolute atomic E-state index is 0.0389. The Balaban J connectivity index is 1.70. The molecule has 0 saturated heterocycles. The molecule has 2 aromatic rings. The first-order valence-corrected chi connectivity index (χ1v) is 7.57. The van der Waals surface area contributed by atoms with Crippen LogP contribution in [0.2, 0.25) is 0 Å². The summed E-state index contributed by atoms with van der Waals surface area (Å²) in [5, 5.41) is 7.84. The first-order valence-electron chi connectivity index (χ1n) is 6.34. The van der Waals surface area contributed by atoms with Crippen molar-refractivity contribution in [1.29, 1.82) is 0 Å². The number of rotatable bonds is 7. The topological polar surface area (TPSA) is 77.6 Å². The van der Waals surface area contributed by atoms with Crippen molar-refractivity contribution in [3.8, 4) is 0 Å². The van der Waals surface area contributed by atoms with Gasteiger partial charge in [0.15, 0.2) is 5.16 Å². The van der Waals surface area contributed by atoms with Crippen molar-refractivity contribution in [3.05, 3.63) is 24.5 Å². The van der Waals surface area contributed by atoms with Gasteiger partial charge in [-0.1, -0.05) is 11.8 Å². The largest absolute Gasteiger partial charge is 0.350 e. The number of hydrogen-bond donors (Lipinski definition) is 1. The third kappa shape index (κ3) is 3.83. The fourth-order valence-corrected chi connectivity index (χ4v) is 2.36. The molecule has 0 radical (unpaired) electrons. The van der Waals surface area contributed by atoms with Gasteiger partial charge in [0, 0.05) is 20.0 Å². The predicted molar refractivity (Wildman–Crippen MR) is 76.1 cm³/mol. The zero-order chi connectivity index (χ0) is 14.4. The molecule has 2 rings (SSSR count). The fraction of sp³-hybridized carbons (Fsp3) is 0.500. The Kier molecular flexibility index (Phi) is 5.16. The molecule has 0 aliphatic carbocycles. The van der Waals surface area contributed by atoms with Crippen molar-refractivity contribution >= 4 is 17.7 Å². The van der Waals surface area contributed by atoms with Crippen LogP contribution in [0.1, 0.15) is 18.5 Å². The lowest BCUT2D eigenvalue weighted by Crippen LogP contribution is -2.24. The average Bonchev–Trinajstić information content (AvgIpc) is 3.06. The van der Waals surface area contributed by atoms with E-state index in [0.717, 1.165) is 17.3 Å². The van der Waals surface area contributed by atoms with Crippen LogP contribution >= 0.6 is 11.8 Å². The molecule has 0 saturated carbocycles. The first kappa shape index (κ1) is 14.6. The SMILES string of the molecule is CSc1ncc(CNC(=O)CCCn2cncn2)n1C. The highest BCUT2D eigenvalue weighted by Gasteiger charge is 2.07. The maximum Gasteiger partial charge on any atom is 0.220 e. The van der Waals surface area contributed by atoms with Gasteiger partial charge in [0.2, 0.25) is 5.91 Å². The molecule has 8 heteroatoms. The fourth-order valence-electron chi connectivity index (χ4n) is 1.81. The Hall–Kier alpha value is -1.83. The summed E-state index contributed by atoms with van der Waals surface area (Å²) < 4.78 is 3.71. The molecule has 1 amide bonds. The van der Waals surface area contributed by atoms with Crippen molar-refractivity contribution in [3.63, 3.8) is 0 Å². The average molecular weight is 294 g/mol. The summed E-state index contributed by atoms with van der Waals surface area (Å²) in [7, 11) is 1.95. The third-order valence-electron chi connectivity index (χ3n) is 2.95. The van der Waals surface area contributed by atoms with Crippen LogP contribution < -0.4 is 5.32 Å². The Labute approximate surface area is 121 Å². The van der Waals surface area contributed by atoms with E-state index in [1.54, 1.807) is 29.0 Å². The van der Waals surface area contributed by atoms with Crippen molar-refractivity contribution < 1.29 is 4.79 Å². The molecule has 0 aliphatic heterocycles. The van der Waals surface area contributed by atoms with Gasteiger partial charge in [-0.3, -0.25) is 9.48 Å². The summed E-state index contributed by atoms with van der Waals surface area (Å²) >= 11 is 1.59. The number of aromatic nitrogens is 5. The van der Waals surface area contributed by atoms with E-state index in [9.17, 15) is 4.79 Å². The molecule has 2 aromatic heterocycles. The van der Waals surface area contributed by atoms with E-state index in [1.165, 1.54) is 6.33 Å². The van der Waals surface area contributed by atoms with Crippen molar-refractivity contribution in [2.24, 2.45) is 7.05 Å². The van der Waals surface area contributed by atoms with Crippen LogP contribution in [-0.4, -0.2) is 36.5 Å². The van der Waals surface area contributed by atoms with Gasteiger partial charge in [0.05, 0.1) is 18.4 Å². The van der Waals surface area contributed by atoms with Gasteiger partial charge in [0.25, 0.3) is 0 Å². The minimum Gasteiger partial charge on any atom is -0.350 e. The highest BCUT2D eigenvalue weighted by molar-refractivity contribution is 7.98. The standard InChI is InChI=1S/C12H18N6OS/c1-17-10(7-15-12(17)20-2)6-14-11(19)4-3-5-18-9-13-8-16-18/h7-9H,3-6H2,1-2H3,(H,14,19). The molecule has 2 heterocycles. The van der Waals surface area contributed by atoms with E-state index in [-0.39, 0.29) is 5.91 Å². The number of carbonyl (C=O) groups is 1. The van der Waals surface area contributed by atoms with Gasteiger partial charge in [0.1, 0.15) is 12.7 Å². The summed E-state index contributed by atoms with van der Waals surface area (Å²) in [5.74, 6) is 0.0389. The lowest BCUT2D eigenvalue weighted by molar-refractivity contribution is -0.121. The quantitative estimate of drug-likeness (QED) is 0.765. The van der Waals surface area contributed by atoms with Crippen LogP contribution in [-0.2, 0) is 24.9 Å². The first-order chi connectivity index (χ1) is 9.70. The van der Waals surface area contributed by atoms with Crippen LogP contribution in [0.15, 0.2) is 24.0 Å². The molecule has 0 bridgehead atoms. The molecule has 1 N–H and O–H groups in total. The van der Waals surface area contributed by atoms with Gasteiger partial charge in [-0.25, -0.2) is 9.97 Å². The summed E-state index contributed by atoms with van der Waals surface area (Å²) in [6.07, 6.45) is 8.14. The van der Waals surface area contributed by atoms with E-state index >= 15 is 0 Å². The van der Waals surface area contributed by atoms with Crippen LogP contribution in [0.25, 0.3) is 0 Å². The maximum atomic E-state index is 11.7. The summed E-state index contributed by atoms with van der Waals surface area (Å²) in [5.41, 5.74) is 0.999. The van der Waals surface area contributed by atoms with E-state index in [2.05, 4.69) is 20.4 Å². The van der Waals surface area contributed by atoms with Gasteiger partial charge in [-0.05, 0) is 12.7 Å². The van der Waals surface area contributed by atoms with Crippen molar-refractivity contribution in [1.82, 2.24) is 29.6 Å². The second-order valence-electron chi connectivity index (χ2n) is 4.33. The van der Waals surface area contributed by atoms with Crippen LogP contribution in [0.5, 0.6) is 0 Å². The molecule has 0 unspecified atom stereocenters. The molecule has 7 nitrogen and oxygen atoms in total. The number of nitrogens with one attached hydrogen (secondary N) is 1. The molecule has 108 valence electrons. The maximum absolute atomic E-state index is 11.7. The molecule has 0 spiro atoms. The summed E-state index contributed by atoms with van der Waals surface area (Å²) in [6.45, 7) is 1.21. The lowest BCUT2D eigenvalue weighted by atomic mass is 10.3. The second-order valence-corrected chi connectivity index (χ2v) is 5.11. The van der Waals surface area contributed by atoms with Crippen molar-refractivity contribution in [2.75, 3.05) is 6.26 Å². The number of hydrogen-bond acceptors (Lipinski definition) is 5. The smallest absolute Gasteiger partial charge is 0.220 e. The summed E-state index contributed by atoms with van der Waals surface area (Å²) in [4.78, 5) is 19.9. The summed E-state index contributed by atoms with van der Waals surface area (Å²) in [6, 6.07) is 0. The minimum atomic E-state index is 0.0389. The molecule has 20 heavy (non-hydrogen) atoms. The molecular formula is C12H18N6OS. The van der Waals surface area contributed by atoms with Crippen molar-refractivity contribution in [2.45, 2.75) is 31.1 Å². The Morgan fingerprint density at radius 1 is 1.50 bits per heavy atom. The van der Waals surface area contributed by atoms with Gasteiger partial charge < -0.3 is 9.88 Å². The normalized spacial score (nSPS) is 10.7. The number of aryl methyl sites for hydroxylation is 1.